The lowest BCUT2D eigenvalue weighted by Gasteiger charge is -2.33. The summed E-state index contributed by atoms with van der Waals surface area (Å²) in [6, 6.07) is 6.75. The van der Waals surface area contributed by atoms with E-state index in [0.29, 0.717) is 31.1 Å². The van der Waals surface area contributed by atoms with Crippen LogP contribution in [-0.4, -0.2) is 41.7 Å². The van der Waals surface area contributed by atoms with Crippen molar-refractivity contribution in [3.63, 3.8) is 0 Å². The van der Waals surface area contributed by atoms with Crippen molar-refractivity contribution in [1.82, 2.24) is 14.9 Å². The zero-order valence-electron chi connectivity index (χ0n) is 12.4. The number of halogens is 1. The Morgan fingerprint density at radius 1 is 1.41 bits per heavy atom. The number of morpholine rings is 1. The Morgan fingerprint density at radius 3 is 3.09 bits per heavy atom. The maximum Gasteiger partial charge on any atom is 0.220 e. The van der Waals surface area contributed by atoms with Crippen molar-refractivity contribution in [2.24, 2.45) is 0 Å². The molecule has 3 rings (SSSR count). The monoisotopic (exact) mass is 303 g/mol. The first-order chi connectivity index (χ1) is 10.8. The van der Waals surface area contributed by atoms with E-state index in [1.165, 1.54) is 12.4 Å². The van der Waals surface area contributed by atoms with Crippen LogP contribution in [-0.2, 0) is 11.3 Å². The van der Waals surface area contributed by atoms with Crippen LogP contribution in [0.5, 0.6) is 5.88 Å². The Bertz CT molecular complexity index is 638. The molecular weight excluding hydrogens is 285 g/mol. The van der Waals surface area contributed by atoms with Gasteiger partial charge in [0.05, 0.1) is 19.8 Å². The van der Waals surface area contributed by atoms with E-state index in [1.54, 1.807) is 25.4 Å². The Morgan fingerprint density at radius 2 is 2.27 bits per heavy atom. The molecule has 0 N–H and O–H groups in total. The van der Waals surface area contributed by atoms with Crippen molar-refractivity contribution in [2.45, 2.75) is 12.6 Å². The molecule has 0 spiro atoms. The summed E-state index contributed by atoms with van der Waals surface area (Å²) in [6.45, 7) is 2.62. The maximum absolute atomic E-state index is 13.9. The van der Waals surface area contributed by atoms with E-state index in [2.05, 4.69) is 14.9 Å². The number of ether oxygens (including phenoxy) is 2. The van der Waals surface area contributed by atoms with Crippen LogP contribution in [0, 0.1) is 5.82 Å². The van der Waals surface area contributed by atoms with E-state index >= 15 is 0 Å². The molecule has 1 unspecified atom stereocenters. The number of aromatic nitrogens is 2. The highest BCUT2D eigenvalue weighted by atomic mass is 19.1. The summed E-state index contributed by atoms with van der Waals surface area (Å²) in [5.41, 5.74) is 1.52. The fraction of sp³-hybridized carbons (Fsp3) is 0.375. The highest BCUT2D eigenvalue weighted by Gasteiger charge is 2.24. The quantitative estimate of drug-likeness (QED) is 0.866. The molecule has 0 amide bonds. The summed E-state index contributed by atoms with van der Waals surface area (Å²) in [4.78, 5) is 10.3. The Balaban J connectivity index is 1.72. The van der Waals surface area contributed by atoms with Crippen molar-refractivity contribution < 1.29 is 13.9 Å². The lowest BCUT2D eigenvalue weighted by atomic mass is 10.1. The van der Waals surface area contributed by atoms with Crippen LogP contribution >= 0.6 is 0 Å². The summed E-state index contributed by atoms with van der Waals surface area (Å²) >= 11 is 0. The van der Waals surface area contributed by atoms with Gasteiger partial charge in [-0.05, 0) is 6.07 Å². The van der Waals surface area contributed by atoms with Gasteiger partial charge in [0.25, 0.3) is 0 Å². The van der Waals surface area contributed by atoms with Crippen LogP contribution < -0.4 is 4.74 Å². The van der Waals surface area contributed by atoms with Gasteiger partial charge in [-0.25, -0.2) is 14.4 Å². The number of nitrogens with zero attached hydrogens (tertiary/aromatic N) is 3. The highest BCUT2D eigenvalue weighted by molar-refractivity contribution is 5.23. The van der Waals surface area contributed by atoms with Crippen molar-refractivity contribution >= 4 is 0 Å². The van der Waals surface area contributed by atoms with E-state index < -0.39 is 0 Å². The average molecular weight is 303 g/mol. The van der Waals surface area contributed by atoms with Gasteiger partial charge in [0, 0.05) is 37.0 Å². The van der Waals surface area contributed by atoms with Crippen molar-refractivity contribution in [3.8, 4) is 5.88 Å². The first-order valence-corrected chi connectivity index (χ1v) is 7.19. The molecule has 2 heterocycles. The molecule has 1 fully saturated rings. The van der Waals surface area contributed by atoms with E-state index in [-0.39, 0.29) is 11.9 Å². The van der Waals surface area contributed by atoms with Gasteiger partial charge in [-0.2, -0.15) is 0 Å². The minimum absolute atomic E-state index is 0.227. The van der Waals surface area contributed by atoms with Gasteiger partial charge in [0.1, 0.15) is 12.1 Å². The third-order valence-electron chi connectivity index (χ3n) is 3.74. The standard InChI is InChI=1S/C16H18FN3O2/c1-21-16-12(8-18-11-19-16)9-20-6-7-22-15(10-20)13-4-2-3-5-14(13)17/h2-5,8,11,15H,6-7,9-10H2,1H3. The molecule has 1 aromatic heterocycles. The van der Waals surface area contributed by atoms with E-state index in [1.807, 2.05) is 6.07 Å². The molecule has 1 atom stereocenters. The SMILES string of the molecule is COc1ncncc1CN1CCOC(c2ccccc2F)C1. The second-order valence-corrected chi connectivity index (χ2v) is 5.17. The van der Waals surface area contributed by atoms with Crippen LogP contribution in [0.2, 0.25) is 0 Å². The predicted molar refractivity (Wildman–Crippen MR) is 79.0 cm³/mol. The third-order valence-corrected chi connectivity index (χ3v) is 3.74. The summed E-state index contributed by atoms with van der Waals surface area (Å²) < 4.78 is 24.9. The number of methoxy groups -OCH3 is 1. The smallest absolute Gasteiger partial charge is 0.220 e. The summed E-state index contributed by atoms with van der Waals surface area (Å²) in [7, 11) is 1.59. The minimum atomic E-state index is -0.259. The molecule has 1 aliphatic rings. The molecule has 6 heteroatoms. The zero-order valence-corrected chi connectivity index (χ0v) is 12.4. The van der Waals surface area contributed by atoms with Gasteiger partial charge in [-0.3, -0.25) is 4.90 Å². The number of benzene rings is 1. The van der Waals surface area contributed by atoms with Crippen molar-refractivity contribution in [2.75, 3.05) is 26.8 Å². The molecule has 0 saturated carbocycles. The van der Waals surface area contributed by atoms with Crippen LogP contribution in [0.15, 0.2) is 36.8 Å². The topological polar surface area (TPSA) is 47.5 Å². The molecular formula is C16H18FN3O2. The Hall–Kier alpha value is -2.05. The fourth-order valence-electron chi connectivity index (χ4n) is 2.65. The summed E-state index contributed by atoms with van der Waals surface area (Å²) in [6.07, 6.45) is 2.95. The van der Waals surface area contributed by atoms with Gasteiger partial charge in [0.15, 0.2) is 0 Å². The number of hydrogen-bond donors (Lipinski definition) is 0. The molecule has 5 nitrogen and oxygen atoms in total. The Kier molecular flexibility index (Phi) is 4.60. The Labute approximate surface area is 128 Å². The molecule has 22 heavy (non-hydrogen) atoms. The number of hydrogen-bond acceptors (Lipinski definition) is 5. The van der Waals surface area contributed by atoms with Crippen LogP contribution in [0.25, 0.3) is 0 Å². The highest BCUT2D eigenvalue weighted by Crippen LogP contribution is 2.26. The lowest BCUT2D eigenvalue weighted by molar-refractivity contribution is -0.0347. The average Bonchev–Trinajstić information content (AvgIpc) is 2.56. The van der Waals surface area contributed by atoms with Gasteiger partial charge < -0.3 is 9.47 Å². The lowest BCUT2D eigenvalue weighted by Crippen LogP contribution is -2.38. The largest absolute Gasteiger partial charge is 0.481 e. The second kappa shape index (κ2) is 6.81. The third kappa shape index (κ3) is 3.23. The van der Waals surface area contributed by atoms with Crippen molar-refractivity contribution in [1.29, 1.82) is 0 Å². The second-order valence-electron chi connectivity index (χ2n) is 5.17. The van der Waals surface area contributed by atoms with Crippen LogP contribution in [0.4, 0.5) is 4.39 Å². The minimum Gasteiger partial charge on any atom is -0.481 e. The van der Waals surface area contributed by atoms with Crippen LogP contribution in [0.3, 0.4) is 0 Å². The van der Waals surface area contributed by atoms with Gasteiger partial charge in [0.2, 0.25) is 5.88 Å². The maximum atomic E-state index is 13.9. The predicted octanol–water partition coefficient (Wildman–Crippen LogP) is 2.20. The zero-order chi connectivity index (χ0) is 15.4. The van der Waals surface area contributed by atoms with Gasteiger partial charge in [-0.15, -0.1) is 0 Å². The van der Waals surface area contributed by atoms with E-state index in [4.69, 9.17) is 9.47 Å². The molecule has 1 saturated heterocycles. The first-order valence-electron chi connectivity index (χ1n) is 7.19. The molecule has 1 aromatic carbocycles. The molecule has 0 radical (unpaired) electrons. The molecule has 1 aliphatic heterocycles. The molecule has 2 aromatic rings. The van der Waals surface area contributed by atoms with Gasteiger partial charge >= 0.3 is 0 Å². The van der Waals surface area contributed by atoms with E-state index in [9.17, 15) is 4.39 Å². The van der Waals surface area contributed by atoms with Crippen molar-refractivity contribution in [3.05, 3.63) is 53.7 Å². The normalized spacial score (nSPS) is 19.1. The molecule has 0 bridgehead atoms. The molecule has 116 valence electrons. The van der Waals surface area contributed by atoms with E-state index in [0.717, 1.165) is 12.1 Å². The summed E-state index contributed by atoms with van der Waals surface area (Å²) in [5, 5.41) is 0. The van der Waals surface area contributed by atoms with Crippen LogP contribution in [0.1, 0.15) is 17.2 Å². The van der Waals surface area contributed by atoms with Gasteiger partial charge in [-0.1, -0.05) is 18.2 Å². The number of rotatable bonds is 4. The molecule has 0 aliphatic carbocycles. The first kappa shape index (κ1) is 14.9. The fourth-order valence-corrected chi connectivity index (χ4v) is 2.65. The summed E-state index contributed by atoms with van der Waals surface area (Å²) in [5.74, 6) is 0.346.